The van der Waals surface area contributed by atoms with Gasteiger partial charge >= 0.3 is 0 Å². The van der Waals surface area contributed by atoms with Gasteiger partial charge in [0.2, 0.25) is 0 Å². The lowest BCUT2D eigenvalue weighted by Gasteiger charge is -2.07. The van der Waals surface area contributed by atoms with E-state index >= 15 is 0 Å². The Morgan fingerprint density at radius 1 is 0.957 bits per heavy atom. The molecule has 128 valence electrons. The molecule has 4 bridgehead atoms. The predicted octanol–water partition coefficient (Wildman–Crippen LogP) is 4.53. The lowest BCUT2D eigenvalue weighted by Crippen LogP contribution is -2.16. The molecule has 0 spiro atoms. The molecule has 0 fully saturated rings. The minimum atomic E-state index is 0.902. The molecule has 2 aliphatic rings. The summed E-state index contributed by atoms with van der Waals surface area (Å²) in [6, 6.07) is 6.27. The van der Waals surface area contributed by atoms with Crippen molar-refractivity contribution in [2.45, 2.75) is 71.8 Å². The van der Waals surface area contributed by atoms with E-state index in [2.05, 4.69) is 47.7 Å². The lowest BCUT2D eigenvalue weighted by atomic mass is 10.1. The standard InChI is InChI=1S/C12H27N.C7H5N3/c1-3-5-7-9-11-13-12-10-8-6-4-2;1-2-7-6-3-5(1)4-10(7)9-8-6/h13H,3-12H2,1-2H3;1-3H,4H2. The number of benzene rings is 1. The summed E-state index contributed by atoms with van der Waals surface area (Å²) < 4.78 is 1.92. The predicted molar refractivity (Wildman–Crippen MR) is 97.8 cm³/mol. The van der Waals surface area contributed by atoms with Crippen LogP contribution >= 0.6 is 0 Å². The second kappa shape index (κ2) is 10.4. The molecule has 0 saturated heterocycles. The molecule has 0 saturated carbocycles. The molecule has 1 aromatic heterocycles. The fourth-order valence-corrected chi connectivity index (χ4v) is 2.88. The first-order valence-electron chi connectivity index (χ1n) is 9.38. The first-order valence-corrected chi connectivity index (χ1v) is 9.38. The van der Waals surface area contributed by atoms with E-state index in [1.165, 1.54) is 70.0 Å². The highest BCUT2D eigenvalue weighted by Crippen LogP contribution is 2.20. The summed E-state index contributed by atoms with van der Waals surface area (Å²) in [5, 5.41) is 11.4. The zero-order valence-corrected chi connectivity index (χ0v) is 14.9. The van der Waals surface area contributed by atoms with Crippen LogP contribution in [0.2, 0.25) is 0 Å². The molecule has 1 N–H and O–H groups in total. The largest absolute Gasteiger partial charge is 0.317 e. The maximum Gasteiger partial charge on any atom is 0.113 e. The molecule has 2 aliphatic heterocycles. The Morgan fingerprint density at radius 2 is 1.65 bits per heavy atom. The normalized spacial score (nSPS) is 11.9. The average molecular weight is 316 g/mol. The second-order valence-corrected chi connectivity index (χ2v) is 6.44. The van der Waals surface area contributed by atoms with E-state index in [4.69, 9.17) is 0 Å². The van der Waals surface area contributed by atoms with E-state index in [1.54, 1.807) is 0 Å². The highest BCUT2D eigenvalue weighted by molar-refractivity contribution is 5.76. The molecule has 0 atom stereocenters. The Hall–Kier alpha value is -1.42. The van der Waals surface area contributed by atoms with E-state index in [1.807, 2.05) is 4.68 Å². The molecule has 0 unspecified atom stereocenters. The van der Waals surface area contributed by atoms with Crippen LogP contribution in [-0.2, 0) is 6.54 Å². The first-order chi connectivity index (χ1) is 11.3. The van der Waals surface area contributed by atoms with Gasteiger partial charge in [0.25, 0.3) is 0 Å². The number of nitrogens with zero attached hydrogens (tertiary/aromatic N) is 3. The number of hydrogen-bond donors (Lipinski definition) is 1. The van der Waals surface area contributed by atoms with Crippen molar-refractivity contribution < 1.29 is 0 Å². The number of rotatable bonds is 10. The Balaban J connectivity index is 0.000000170. The Labute approximate surface area is 140 Å². The maximum atomic E-state index is 3.98. The number of fused-ring (bicyclic) bond motifs is 1. The summed E-state index contributed by atoms with van der Waals surface area (Å²) in [6.07, 6.45) is 11.0. The second-order valence-electron chi connectivity index (χ2n) is 6.44. The van der Waals surface area contributed by atoms with Gasteiger partial charge in [-0.1, -0.05) is 63.7 Å². The smallest absolute Gasteiger partial charge is 0.113 e. The van der Waals surface area contributed by atoms with Crippen LogP contribution in [0.15, 0.2) is 18.2 Å². The van der Waals surface area contributed by atoms with Gasteiger partial charge in [-0.15, -0.1) is 5.10 Å². The van der Waals surface area contributed by atoms with E-state index < -0.39 is 0 Å². The van der Waals surface area contributed by atoms with Gasteiger partial charge in [-0.2, -0.15) is 0 Å². The molecule has 0 radical (unpaired) electrons. The highest BCUT2D eigenvalue weighted by Gasteiger charge is 2.11. The third-order valence-corrected chi connectivity index (χ3v) is 4.32. The van der Waals surface area contributed by atoms with Gasteiger partial charge in [-0.25, -0.2) is 4.68 Å². The Morgan fingerprint density at radius 3 is 2.17 bits per heavy atom. The average Bonchev–Trinajstić information content (AvgIpc) is 2.89. The zero-order valence-electron chi connectivity index (χ0n) is 14.9. The SMILES string of the molecule is CCCCCCNCCCCCC.c1cc2c3cc1Cn2nn3. The van der Waals surface area contributed by atoms with Crippen LogP contribution in [0.3, 0.4) is 0 Å². The van der Waals surface area contributed by atoms with Gasteiger partial charge < -0.3 is 5.32 Å². The molecule has 2 aromatic rings. The van der Waals surface area contributed by atoms with Gasteiger partial charge in [0.1, 0.15) is 5.52 Å². The van der Waals surface area contributed by atoms with Crippen molar-refractivity contribution >= 4 is 11.0 Å². The van der Waals surface area contributed by atoms with E-state index in [-0.39, 0.29) is 0 Å². The van der Waals surface area contributed by atoms with Crippen molar-refractivity contribution in [1.82, 2.24) is 20.3 Å². The third-order valence-electron chi connectivity index (χ3n) is 4.32. The van der Waals surface area contributed by atoms with Crippen LogP contribution in [0.1, 0.15) is 70.8 Å². The van der Waals surface area contributed by atoms with Gasteiger partial charge in [0, 0.05) is 0 Å². The minimum Gasteiger partial charge on any atom is -0.317 e. The summed E-state index contributed by atoms with van der Waals surface area (Å²) in [4.78, 5) is 0. The van der Waals surface area contributed by atoms with E-state index in [0.717, 1.165) is 17.6 Å². The monoisotopic (exact) mass is 316 g/mol. The molecule has 0 aliphatic carbocycles. The molecule has 0 amide bonds. The van der Waals surface area contributed by atoms with Crippen molar-refractivity contribution in [3.8, 4) is 0 Å². The highest BCUT2D eigenvalue weighted by atomic mass is 15.4. The molecule has 4 nitrogen and oxygen atoms in total. The number of hydrogen-bond acceptors (Lipinski definition) is 3. The Kier molecular flexibility index (Phi) is 8.08. The van der Waals surface area contributed by atoms with Crippen molar-refractivity contribution in [3.63, 3.8) is 0 Å². The lowest BCUT2D eigenvalue weighted by molar-refractivity contribution is 0.564. The summed E-state index contributed by atoms with van der Waals surface area (Å²) >= 11 is 0. The zero-order chi connectivity index (χ0) is 16.3. The summed E-state index contributed by atoms with van der Waals surface area (Å²) in [6.45, 7) is 7.88. The molecule has 1 aromatic carbocycles. The topological polar surface area (TPSA) is 42.7 Å². The molecule has 4 heteroatoms. The maximum absolute atomic E-state index is 3.98. The van der Waals surface area contributed by atoms with Gasteiger partial charge in [0.05, 0.1) is 12.1 Å². The van der Waals surface area contributed by atoms with E-state index in [9.17, 15) is 0 Å². The van der Waals surface area contributed by atoms with Gasteiger partial charge in [0.15, 0.2) is 0 Å². The minimum absolute atomic E-state index is 0.902. The van der Waals surface area contributed by atoms with Gasteiger partial charge in [-0.3, -0.25) is 0 Å². The van der Waals surface area contributed by atoms with E-state index in [0.29, 0.717) is 0 Å². The molecular formula is C19H32N4. The Bertz CT molecular complexity index is 551. The van der Waals surface area contributed by atoms with Crippen molar-refractivity contribution in [2.75, 3.05) is 13.1 Å². The van der Waals surface area contributed by atoms with Crippen molar-refractivity contribution in [2.24, 2.45) is 0 Å². The van der Waals surface area contributed by atoms with Crippen LogP contribution in [-0.4, -0.2) is 28.1 Å². The quantitative estimate of drug-likeness (QED) is 0.559. The van der Waals surface area contributed by atoms with Gasteiger partial charge in [-0.05, 0) is 43.6 Å². The molecule has 23 heavy (non-hydrogen) atoms. The number of aromatic nitrogens is 3. The van der Waals surface area contributed by atoms with Crippen LogP contribution in [0.5, 0.6) is 0 Å². The molecule has 3 heterocycles. The number of nitrogens with one attached hydrogen (secondary N) is 1. The molecular weight excluding hydrogens is 284 g/mol. The summed E-state index contributed by atoms with van der Waals surface area (Å²) in [5.41, 5.74) is 3.47. The van der Waals surface area contributed by atoms with Crippen LogP contribution < -0.4 is 5.32 Å². The fraction of sp³-hybridized carbons (Fsp3) is 0.684. The van der Waals surface area contributed by atoms with Crippen LogP contribution in [0.25, 0.3) is 11.0 Å². The summed E-state index contributed by atoms with van der Waals surface area (Å²) in [5.74, 6) is 0. The molecule has 4 rings (SSSR count). The summed E-state index contributed by atoms with van der Waals surface area (Å²) in [7, 11) is 0. The fourth-order valence-electron chi connectivity index (χ4n) is 2.88. The van der Waals surface area contributed by atoms with Crippen molar-refractivity contribution in [3.05, 3.63) is 23.8 Å². The van der Waals surface area contributed by atoms with Crippen LogP contribution in [0, 0.1) is 0 Å². The van der Waals surface area contributed by atoms with Crippen molar-refractivity contribution in [1.29, 1.82) is 0 Å². The number of unbranched alkanes of at least 4 members (excludes halogenated alkanes) is 6. The van der Waals surface area contributed by atoms with Crippen LogP contribution in [0.4, 0.5) is 0 Å². The first kappa shape index (κ1) is 17.9. The third kappa shape index (κ3) is 5.94.